The molecule has 3 aromatic rings. The molecule has 2 aromatic heterocycles. The summed E-state index contributed by atoms with van der Waals surface area (Å²) in [4.78, 5) is 19.2. The molecule has 7 nitrogen and oxygen atoms in total. The molecule has 0 spiro atoms. The second kappa shape index (κ2) is 7.86. The molecule has 0 aliphatic carbocycles. The van der Waals surface area contributed by atoms with Crippen LogP contribution in [0, 0.1) is 13.8 Å². The number of hydrogen-bond donors (Lipinski definition) is 2. The van der Waals surface area contributed by atoms with Gasteiger partial charge in [-0.15, -0.1) is 0 Å². The number of anilines is 1. The van der Waals surface area contributed by atoms with E-state index < -0.39 is 0 Å². The second-order valence-electron chi connectivity index (χ2n) is 6.05. The average molecular weight is 354 g/mol. The Morgan fingerprint density at radius 1 is 1.23 bits per heavy atom. The molecule has 0 fully saturated rings. The number of ether oxygens (including phenoxy) is 1. The third kappa shape index (κ3) is 4.11. The number of aromatic amines is 1. The Morgan fingerprint density at radius 3 is 2.77 bits per heavy atom. The van der Waals surface area contributed by atoms with Crippen molar-refractivity contribution in [3.05, 3.63) is 69.0 Å². The second-order valence-corrected chi connectivity index (χ2v) is 6.05. The summed E-state index contributed by atoms with van der Waals surface area (Å²) in [5.41, 5.74) is 3.46. The van der Waals surface area contributed by atoms with Crippen molar-refractivity contribution in [1.82, 2.24) is 15.1 Å². The first-order chi connectivity index (χ1) is 12.6. The summed E-state index contributed by atoms with van der Waals surface area (Å²) in [6.45, 7) is 4.30. The monoisotopic (exact) mass is 354 g/mol. The fraction of sp³-hybridized carbons (Fsp3) is 0.316. The molecular formula is C19H22N4O3. The van der Waals surface area contributed by atoms with Crippen molar-refractivity contribution in [2.24, 2.45) is 0 Å². The van der Waals surface area contributed by atoms with Gasteiger partial charge in [0.1, 0.15) is 11.5 Å². The van der Waals surface area contributed by atoms with Gasteiger partial charge in [0.05, 0.1) is 18.5 Å². The van der Waals surface area contributed by atoms with Crippen molar-refractivity contribution in [2.75, 3.05) is 12.4 Å². The number of aryl methyl sites for hydroxylation is 3. The van der Waals surface area contributed by atoms with Crippen molar-refractivity contribution in [2.45, 2.75) is 33.2 Å². The van der Waals surface area contributed by atoms with Gasteiger partial charge in [-0.05, 0) is 32.8 Å². The van der Waals surface area contributed by atoms with E-state index >= 15 is 0 Å². The van der Waals surface area contributed by atoms with E-state index in [1.165, 1.54) is 6.07 Å². The van der Waals surface area contributed by atoms with E-state index in [2.05, 4.69) is 20.4 Å². The third-order valence-electron chi connectivity index (χ3n) is 4.25. The molecule has 0 aliphatic heterocycles. The third-order valence-corrected chi connectivity index (χ3v) is 4.25. The Labute approximate surface area is 151 Å². The lowest BCUT2D eigenvalue weighted by atomic mass is 10.1. The van der Waals surface area contributed by atoms with Crippen LogP contribution >= 0.6 is 0 Å². The number of para-hydroxylation sites is 1. The predicted octanol–water partition coefficient (Wildman–Crippen LogP) is 2.78. The molecule has 2 N–H and O–H groups in total. The van der Waals surface area contributed by atoms with Crippen molar-refractivity contribution in [3.8, 4) is 5.75 Å². The van der Waals surface area contributed by atoms with E-state index in [4.69, 9.17) is 9.26 Å². The van der Waals surface area contributed by atoms with Gasteiger partial charge in [-0.1, -0.05) is 23.4 Å². The highest BCUT2D eigenvalue weighted by molar-refractivity contribution is 5.37. The van der Waals surface area contributed by atoms with Crippen LogP contribution < -0.4 is 15.6 Å². The first kappa shape index (κ1) is 17.7. The number of methoxy groups -OCH3 is 1. The van der Waals surface area contributed by atoms with Gasteiger partial charge in [0.2, 0.25) is 5.95 Å². The number of nitrogens with one attached hydrogen (secondary N) is 2. The summed E-state index contributed by atoms with van der Waals surface area (Å²) >= 11 is 0. The van der Waals surface area contributed by atoms with E-state index in [-0.39, 0.29) is 5.56 Å². The highest BCUT2D eigenvalue weighted by Crippen LogP contribution is 2.18. The maximum atomic E-state index is 11.9. The Bertz CT molecular complexity index is 926. The molecule has 0 aliphatic rings. The molecule has 136 valence electrons. The zero-order chi connectivity index (χ0) is 18.5. The predicted molar refractivity (Wildman–Crippen MR) is 98.6 cm³/mol. The number of aromatic nitrogens is 3. The minimum absolute atomic E-state index is 0.184. The van der Waals surface area contributed by atoms with Gasteiger partial charge in [0, 0.05) is 23.7 Å². The summed E-state index contributed by atoms with van der Waals surface area (Å²) in [5, 5.41) is 7.11. The van der Waals surface area contributed by atoms with Gasteiger partial charge < -0.3 is 14.6 Å². The van der Waals surface area contributed by atoms with Crippen LogP contribution in [0.15, 0.2) is 39.6 Å². The molecule has 7 heteroatoms. The van der Waals surface area contributed by atoms with Crippen LogP contribution in [0.3, 0.4) is 0 Å². The van der Waals surface area contributed by atoms with Crippen LogP contribution in [-0.4, -0.2) is 22.2 Å². The summed E-state index contributed by atoms with van der Waals surface area (Å²) in [5.74, 6) is 2.04. The topological polar surface area (TPSA) is 93.0 Å². The molecular weight excluding hydrogens is 332 g/mol. The van der Waals surface area contributed by atoms with Crippen molar-refractivity contribution in [3.63, 3.8) is 0 Å². The Morgan fingerprint density at radius 2 is 2.04 bits per heavy atom. The molecule has 26 heavy (non-hydrogen) atoms. The molecule has 0 amide bonds. The zero-order valence-electron chi connectivity index (χ0n) is 15.1. The quantitative estimate of drug-likeness (QED) is 0.678. The first-order valence-electron chi connectivity index (χ1n) is 8.44. The molecule has 0 unspecified atom stereocenters. The zero-order valence-corrected chi connectivity index (χ0v) is 15.1. The summed E-state index contributed by atoms with van der Waals surface area (Å²) < 4.78 is 10.5. The number of rotatable bonds is 7. The molecule has 0 saturated heterocycles. The average Bonchev–Trinajstić information content (AvgIpc) is 2.96. The standard InChI is InChI=1S/C19H22N4O3/c1-12-16(13(2)26-23-12)9-8-15-10-18(24)22-19(21-15)20-11-14-6-4-5-7-17(14)25-3/h4-7,10H,8-9,11H2,1-3H3,(H2,20,21,22,24). The Hall–Kier alpha value is -3.09. The first-order valence-corrected chi connectivity index (χ1v) is 8.44. The largest absolute Gasteiger partial charge is 0.496 e. The highest BCUT2D eigenvalue weighted by atomic mass is 16.5. The van der Waals surface area contributed by atoms with Crippen LogP contribution in [0.25, 0.3) is 0 Å². The summed E-state index contributed by atoms with van der Waals surface area (Å²) in [7, 11) is 1.63. The van der Waals surface area contributed by atoms with Crippen LogP contribution in [0.1, 0.15) is 28.3 Å². The van der Waals surface area contributed by atoms with Gasteiger partial charge in [0.25, 0.3) is 5.56 Å². The van der Waals surface area contributed by atoms with E-state index in [9.17, 15) is 4.79 Å². The molecule has 0 bridgehead atoms. The summed E-state index contributed by atoms with van der Waals surface area (Å²) in [6, 6.07) is 9.23. The number of nitrogens with zero attached hydrogens (tertiary/aromatic N) is 2. The molecule has 0 saturated carbocycles. The van der Waals surface area contributed by atoms with Gasteiger partial charge in [-0.25, -0.2) is 4.98 Å². The van der Waals surface area contributed by atoms with Gasteiger partial charge in [0.15, 0.2) is 0 Å². The molecule has 0 radical (unpaired) electrons. The Balaban J connectivity index is 1.70. The molecule has 2 heterocycles. The van der Waals surface area contributed by atoms with Crippen LogP contribution in [0.4, 0.5) is 5.95 Å². The summed E-state index contributed by atoms with van der Waals surface area (Å²) in [6.07, 6.45) is 1.36. The maximum Gasteiger partial charge on any atom is 0.252 e. The minimum Gasteiger partial charge on any atom is -0.496 e. The number of hydrogen-bond acceptors (Lipinski definition) is 6. The molecule has 3 rings (SSSR count). The maximum absolute atomic E-state index is 11.9. The van der Waals surface area contributed by atoms with E-state index in [1.54, 1.807) is 7.11 Å². The Kier molecular flexibility index (Phi) is 5.36. The lowest BCUT2D eigenvalue weighted by molar-refractivity contribution is 0.392. The highest BCUT2D eigenvalue weighted by Gasteiger charge is 2.10. The number of benzene rings is 1. The lowest BCUT2D eigenvalue weighted by Gasteiger charge is -2.10. The molecule has 0 atom stereocenters. The normalized spacial score (nSPS) is 10.7. The van der Waals surface area contributed by atoms with Crippen LogP contribution in [-0.2, 0) is 19.4 Å². The lowest BCUT2D eigenvalue weighted by Crippen LogP contribution is -2.14. The van der Waals surface area contributed by atoms with E-state index in [1.807, 2.05) is 38.1 Å². The van der Waals surface area contributed by atoms with Gasteiger partial charge >= 0.3 is 0 Å². The van der Waals surface area contributed by atoms with E-state index in [0.717, 1.165) is 40.4 Å². The molecule has 1 aromatic carbocycles. The minimum atomic E-state index is -0.184. The van der Waals surface area contributed by atoms with Crippen LogP contribution in [0.2, 0.25) is 0 Å². The smallest absolute Gasteiger partial charge is 0.252 e. The van der Waals surface area contributed by atoms with Crippen LogP contribution in [0.5, 0.6) is 5.75 Å². The van der Waals surface area contributed by atoms with Crippen molar-refractivity contribution < 1.29 is 9.26 Å². The van der Waals surface area contributed by atoms with Gasteiger partial charge in [-0.3, -0.25) is 9.78 Å². The van der Waals surface area contributed by atoms with E-state index in [0.29, 0.717) is 18.9 Å². The fourth-order valence-electron chi connectivity index (χ4n) is 2.86. The van der Waals surface area contributed by atoms with Gasteiger partial charge in [-0.2, -0.15) is 0 Å². The van der Waals surface area contributed by atoms with Crippen molar-refractivity contribution >= 4 is 5.95 Å². The van der Waals surface area contributed by atoms with Crippen molar-refractivity contribution in [1.29, 1.82) is 0 Å². The number of H-pyrrole nitrogens is 1. The fourth-order valence-corrected chi connectivity index (χ4v) is 2.86. The SMILES string of the molecule is COc1ccccc1CNc1nc(CCc2c(C)noc2C)cc(=O)[nH]1.